The summed E-state index contributed by atoms with van der Waals surface area (Å²) in [6.07, 6.45) is 5.82. The highest BCUT2D eigenvalue weighted by Gasteiger charge is 2.43. The highest BCUT2D eigenvalue weighted by atomic mass is 32.2. The Morgan fingerprint density at radius 1 is 1.06 bits per heavy atom. The molecule has 176 valence electrons. The highest BCUT2D eigenvalue weighted by Crippen LogP contribution is 2.31. The second kappa shape index (κ2) is 9.20. The predicted octanol–water partition coefficient (Wildman–Crippen LogP) is 3.19. The molecule has 0 bridgehead atoms. The standard InChI is InChI=1S/C26H34N4O2S/c1-20-6-2-3-9-23(20)19-28-25-26(29-15-14-27-25)12-16-30(17-13-26)33(31,32)24-11-10-21-7-4-5-8-22(21)18-24/h2-3,6,9-11,18,29H,4-5,7-8,12-17,19H2,1H3,(H,27,28). The SMILES string of the molecule is Cc1ccccc1CNC1=NCCNC12CCN(S(=O)(=O)c1ccc3c(c1)CCCC3)CC2. The number of hydrogen-bond donors (Lipinski definition) is 2. The first-order chi connectivity index (χ1) is 16.0. The Morgan fingerprint density at radius 2 is 1.82 bits per heavy atom. The van der Waals surface area contributed by atoms with Crippen LogP contribution in [0.2, 0.25) is 0 Å². The lowest BCUT2D eigenvalue weighted by molar-refractivity contribution is 0.241. The first-order valence-electron chi connectivity index (χ1n) is 12.2. The molecular formula is C26H34N4O2S. The van der Waals surface area contributed by atoms with Crippen LogP contribution in [-0.2, 0) is 29.4 Å². The maximum absolute atomic E-state index is 13.4. The number of piperidine rings is 1. The number of benzene rings is 2. The fraction of sp³-hybridized carbons (Fsp3) is 0.500. The van der Waals surface area contributed by atoms with Crippen molar-refractivity contribution in [2.45, 2.75) is 62.4 Å². The number of hydrogen-bond acceptors (Lipinski definition) is 5. The molecule has 0 atom stereocenters. The molecule has 1 fully saturated rings. The minimum absolute atomic E-state index is 0.275. The van der Waals surface area contributed by atoms with Crippen molar-refractivity contribution in [1.82, 2.24) is 14.9 Å². The van der Waals surface area contributed by atoms with Crippen molar-refractivity contribution in [3.8, 4) is 0 Å². The second-order valence-electron chi connectivity index (χ2n) is 9.56. The van der Waals surface area contributed by atoms with E-state index in [-0.39, 0.29) is 5.54 Å². The molecule has 3 aliphatic rings. The van der Waals surface area contributed by atoms with Gasteiger partial charge in [-0.15, -0.1) is 0 Å². The largest absolute Gasteiger partial charge is 0.368 e. The van der Waals surface area contributed by atoms with Crippen molar-refractivity contribution in [2.75, 3.05) is 26.2 Å². The minimum Gasteiger partial charge on any atom is -0.368 e. The lowest BCUT2D eigenvalue weighted by Gasteiger charge is -2.44. The zero-order valence-electron chi connectivity index (χ0n) is 19.4. The molecule has 6 nitrogen and oxygen atoms in total. The van der Waals surface area contributed by atoms with Crippen molar-refractivity contribution in [3.05, 3.63) is 64.7 Å². The van der Waals surface area contributed by atoms with E-state index in [4.69, 9.17) is 4.99 Å². The van der Waals surface area contributed by atoms with Gasteiger partial charge in [-0.25, -0.2) is 8.42 Å². The van der Waals surface area contributed by atoms with Crippen LogP contribution in [0, 0.1) is 6.92 Å². The number of sulfonamides is 1. The molecule has 2 aliphatic heterocycles. The fourth-order valence-corrected chi connectivity index (χ4v) is 6.94. The number of nitrogens with one attached hydrogen (secondary N) is 2. The first-order valence-corrected chi connectivity index (χ1v) is 13.6. The number of aliphatic imine (C=N–C) groups is 1. The van der Waals surface area contributed by atoms with Gasteiger partial charge in [0.1, 0.15) is 5.84 Å². The summed E-state index contributed by atoms with van der Waals surface area (Å²) in [6, 6.07) is 14.1. The lowest BCUT2D eigenvalue weighted by atomic mass is 9.85. The average molecular weight is 467 g/mol. The Labute approximate surface area is 197 Å². The fourth-order valence-electron chi connectivity index (χ4n) is 5.45. The Bertz CT molecular complexity index is 1150. The van der Waals surface area contributed by atoms with Crippen LogP contribution in [0.15, 0.2) is 52.4 Å². The zero-order chi connectivity index (χ0) is 22.9. The van der Waals surface area contributed by atoms with Crippen LogP contribution in [0.5, 0.6) is 0 Å². The topological polar surface area (TPSA) is 73.8 Å². The number of nitrogens with zero attached hydrogens (tertiary/aromatic N) is 2. The molecule has 0 saturated carbocycles. The molecule has 5 rings (SSSR count). The Morgan fingerprint density at radius 3 is 2.61 bits per heavy atom. The van der Waals surface area contributed by atoms with Crippen molar-refractivity contribution in [2.24, 2.45) is 4.99 Å². The third-order valence-corrected chi connectivity index (χ3v) is 9.43. The van der Waals surface area contributed by atoms with Crippen LogP contribution in [0.25, 0.3) is 0 Å². The van der Waals surface area contributed by atoms with E-state index in [9.17, 15) is 8.42 Å². The summed E-state index contributed by atoms with van der Waals surface area (Å²) in [5.74, 6) is 0.975. The lowest BCUT2D eigenvalue weighted by Crippen LogP contribution is -2.64. The summed E-state index contributed by atoms with van der Waals surface area (Å²) in [6.45, 7) is 5.42. The maximum Gasteiger partial charge on any atom is 0.243 e. The summed E-state index contributed by atoms with van der Waals surface area (Å²) >= 11 is 0. The number of aryl methyl sites for hydroxylation is 3. The molecule has 7 heteroatoms. The summed E-state index contributed by atoms with van der Waals surface area (Å²) in [4.78, 5) is 5.27. The Balaban J connectivity index is 1.29. The van der Waals surface area contributed by atoms with Gasteiger partial charge >= 0.3 is 0 Å². The van der Waals surface area contributed by atoms with Gasteiger partial charge in [0.05, 0.1) is 17.0 Å². The van der Waals surface area contributed by atoms with Gasteiger partial charge in [-0.3, -0.25) is 4.99 Å². The van der Waals surface area contributed by atoms with Crippen LogP contribution in [0.4, 0.5) is 0 Å². The molecular weight excluding hydrogens is 432 g/mol. The van der Waals surface area contributed by atoms with E-state index in [0.29, 0.717) is 18.0 Å². The van der Waals surface area contributed by atoms with Gasteiger partial charge in [0.25, 0.3) is 0 Å². The van der Waals surface area contributed by atoms with E-state index < -0.39 is 10.0 Å². The average Bonchev–Trinajstić information content (AvgIpc) is 2.84. The van der Waals surface area contributed by atoms with E-state index in [1.54, 1.807) is 10.4 Å². The molecule has 0 unspecified atom stereocenters. The molecule has 2 aromatic carbocycles. The van der Waals surface area contributed by atoms with E-state index in [0.717, 1.165) is 57.6 Å². The van der Waals surface area contributed by atoms with Gasteiger partial charge in [0, 0.05) is 26.2 Å². The Hall–Kier alpha value is -2.22. The van der Waals surface area contributed by atoms with Gasteiger partial charge in [0.15, 0.2) is 0 Å². The summed E-state index contributed by atoms with van der Waals surface area (Å²) < 4.78 is 28.5. The molecule has 0 radical (unpaired) electrons. The predicted molar refractivity (Wildman–Crippen MR) is 132 cm³/mol. The number of fused-ring (bicyclic) bond motifs is 1. The molecule has 2 aromatic rings. The van der Waals surface area contributed by atoms with Crippen LogP contribution in [0.1, 0.15) is 47.9 Å². The smallest absolute Gasteiger partial charge is 0.243 e. The van der Waals surface area contributed by atoms with Crippen LogP contribution >= 0.6 is 0 Å². The van der Waals surface area contributed by atoms with Gasteiger partial charge in [-0.05, 0) is 79.8 Å². The molecule has 0 aromatic heterocycles. The van der Waals surface area contributed by atoms with Crippen LogP contribution in [-0.4, -0.2) is 50.3 Å². The molecule has 2 N–H and O–H groups in total. The van der Waals surface area contributed by atoms with E-state index in [1.165, 1.54) is 28.7 Å². The highest BCUT2D eigenvalue weighted by molar-refractivity contribution is 7.89. The van der Waals surface area contributed by atoms with Crippen LogP contribution < -0.4 is 10.6 Å². The molecule has 0 amide bonds. The maximum atomic E-state index is 13.4. The molecule has 2 heterocycles. The Kier molecular flexibility index (Phi) is 6.29. The normalized spacial score (nSPS) is 20.8. The van der Waals surface area contributed by atoms with Crippen molar-refractivity contribution in [3.63, 3.8) is 0 Å². The van der Waals surface area contributed by atoms with Crippen molar-refractivity contribution >= 4 is 15.9 Å². The summed E-state index contributed by atoms with van der Waals surface area (Å²) in [5, 5.41) is 7.25. The molecule has 1 saturated heterocycles. The molecule has 1 spiro atoms. The van der Waals surface area contributed by atoms with Crippen molar-refractivity contribution in [1.29, 1.82) is 0 Å². The van der Waals surface area contributed by atoms with Gasteiger partial charge < -0.3 is 10.6 Å². The second-order valence-corrected chi connectivity index (χ2v) is 11.5. The zero-order valence-corrected chi connectivity index (χ0v) is 20.3. The van der Waals surface area contributed by atoms with E-state index in [2.05, 4.69) is 41.8 Å². The third kappa shape index (κ3) is 4.46. The molecule has 33 heavy (non-hydrogen) atoms. The van der Waals surface area contributed by atoms with Crippen LogP contribution in [0.3, 0.4) is 0 Å². The quantitative estimate of drug-likeness (QED) is 0.726. The minimum atomic E-state index is -3.48. The van der Waals surface area contributed by atoms with Gasteiger partial charge in [-0.2, -0.15) is 4.31 Å². The third-order valence-electron chi connectivity index (χ3n) is 7.54. The number of amidine groups is 1. The summed E-state index contributed by atoms with van der Waals surface area (Å²) in [7, 11) is -3.48. The van der Waals surface area contributed by atoms with E-state index in [1.807, 2.05) is 12.1 Å². The van der Waals surface area contributed by atoms with Crippen molar-refractivity contribution < 1.29 is 8.42 Å². The first kappa shape index (κ1) is 22.6. The van der Waals surface area contributed by atoms with Gasteiger partial charge in [-0.1, -0.05) is 30.3 Å². The number of rotatable bonds is 4. The van der Waals surface area contributed by atoms with E-state index >= 15 is 0 Å². The van der Waals surface area contributed by atoms with Gasteiger partial charge in [0.2, 0.25) is 10.0 Å². The summed E-state index contributed by atoms with van der Waals surface area (Å²) in [5.41, 5.74) is 4.76. The monoisotopic (exact) mass is 466 g/mol. The molecule has 1 aliphatic carbocycles.